The minimum Gasteiger partial charge on any atom is -0.507 e. The van der Waals surface area contributed by atoms with Gasteiger partial charge in [0.25, 0.3) is 5.88 Å². The highest BCUT2D eigenvalue weighted by Crippen LogP contribution is 2.35. The van der Waals surface area contributed by atoms with Gasteiger partial charge in [-0.15, -0.1) is 10.2 Å². The van der Waals surface area contributed by atoms with Crippen LogP contribution in [-0.2, 0) is 4.79 Å². The van der Waals surface area contributed by atoms with Crippen LogP contribution in [0.15, 0.2) is 40.9 Å². The van der Waals surface area contributed by atoms with Gasteiger partial charge >= 0.3 is 5.97 Å². The van der Waals surface area contributed by atoms with Crippen LogP contribution in [0.2, 0.25) is 0 Å². The van der Waals surface area contributed by atoms with Crippen LogP contribution in [0.4, 0.5) is 11.5 Å². The first kappa shape index (κ1) is 40.2. The largest absolute Gasteiger partial charge is 0.507 e. The number of phenols is 1. The van der Waals surface area contributed by atoms with Crippen LogP contribution < -0.4 is 15.0 Å². The van der Waals surface area contributed by atoms with Crippen molar-refractivity contribution in [1.82, 2.24) is 35.0 Å². The Morgan fingerprint density at radius 2 is 1.59 bits per heavy atom. The number of nitrogens with zero attached hydrogens (tertiary/aromatic N) is 8. The molecule has 14 heteroatoms. The number of anilines is 2. The zero-order chi connectivity index (χ0) is 39.2. The van der Waals surface area contributed by atoms with Gasteiger partial charge < -0.3 is 39.5 Å². The van der Waals surface area contributed by atoms with Crippen LogP contribution >= 0.6 is 0 Å². The number of rotatable bonds is 14. The highest BCUT2D eigenvalue weighted by molar-refractivity contribution is 5.76. The molecule has 14 nitrogen and oxygen atoms in total. The maximum Gasteiger partial charge on any atom is 0.314 e. The van der Waals surface area contributed by atoms with Crippen LogP contribution in [-0.4, -0.2) is 155 Å². The lowest BCUT2D eigenvalue weighted by molar-refractivity contribution is -0.140. The quantitative estimate of drug-likeness (QED) is 0.203. The van der Waals surface area contributed by atoms with Crippen molar-refractivity contribution < 1.29 is 24.3 Å². The van der Waals surface area contributed by atoms with E-state index in [-0.39, 0.29) is 11.7 Å². The van der Waals surface area contributed by atoms with Crippen LogP contribution in [0.5, 0.6) is 11.6 Å². The van der Waals surface area contributed by atoms with Gasteiger partial charge in [-0.3, -0.25) is 14.6 Å². The average Bonchev–Trinajstić information content (AvgIpc) is 3.66. The second-order valence-electron chi connectivity index (χ2n) is 16.8. The molecule has 0 amide bonds. The molecule has 0 radical (unpaired) electrons. The number of aromatic nitrogens is 3. The van der Waals surface area contributed by atoms with Gasteiger partial charge in [0.1, 0.15) is 18.3 Å². The Morgan fingerprint density at radius 1 is 0.911 bits per heavy atom. The van der Waals surface area contributed by atoms with E-state index in [4.69, 9.17) is 9.26 Å². The molecule has 2 aromatic heterocycles. The summed E-state index contributed by atoms with van der Waals surface area (Å²) < 4.78 is 11.1. The fourth-order valence-electron chi connectivity index (χ4n) is 9.65. The van der Waals surface area contributed by atoms with E-state index in [1.54, 1.807) is 12.1 Å². The van der Waals surface area contributed by atoms with Crippen LogP contribution in [0, 0.1) is 11.8 Å². The maximum atomic E-state index is 11.6. The summed E-state index contributed by atoms with van der Waals surface area (Å²) in [5.74, 6) is 0.737. The molecule has 1 aromatic carbocycles. The smallest absolute Gasteiger partial charge is 0.314 e. The minimum atomic E-state index is -0.908. The lowest BCUT2D eigenvalue weighted by Gasteiger charge is -2.46. The molecule has 56 heavy (non-hydrogen) atoms. The topological polar surface area (TPSA) is 147 Å². The number of piperazine rings is 1. The normalized spacial score (nSPS) is 22.4. The second-order valence-corrected chi connectivity index (χ2v) is 16.8. The number of hydrogen-bond acceptors (Lipinski definition) is 13. The van der Waals surface area contributed by atoms with E-state index >= 15 is 0 Å². The molecule has 4 fully saturated rings. The number of piperidine rings is 3. The summed E-state index contributed by atoms with van der Waals surface area (Å²) in [6, 6.07) is 12.7. The summed E-state index contributed by atoms with van der Waals surface area (Å²) in [7, 11) is 1.89. The highest BCUT2D eigenvalue weighted by Gasteiger charge is 2.34. The molecule has 4 saturated heterocycles. The summed E-state index contributed by atoms with van der Waals surface area (Å²) in [5.41, 5.74) is 2.43. The number of benzene rings is 1. The van der Waals surface area contributed by atoms with Gasteiger partial charge in [-0.05, 0) is 120 Å². The number of carboxylic acids is 1. The van der Waals surface area contributed by atoms with E-state index in [9.17, 15) is 15.0 Å². The lowest BCUT2D eigenvalue weighted by Crippen LogP contribution is -2.54. The third-order valence-electron chi connectivity index (χ3n) is 12.9. The third-order valence-corrected chi connectivity index (χ3v) is 12.9. The average molecular weight is 774 g/mol. The fraction of sp³-hybridized carbons (Fsp3) is 0.667. The monoisotopic (exact) mass is 773 g/mol. The number of phenolic OH excluding ortho intramolecular Hbond substituents is 1. The first-order valence-electron chi connectivity index (χ1n) is 21.0. The maximum absolute atomic E-state index is 11.6. The molecule has 2 atom stereocenters. The summed E-state index contributed by atoms with van der Waals surface area (Å²) in [6.07, 6.45) is 7.53. The Hall–Kier alpha value is -3.98. The van der Waals surface area contributed by atoms with E-state index in [0.717, 1.165) is 62.7 Å². The van der Waals surface area contributed by atoms with Crippen molar-refractivity contribution in [2.75, 3.05) is 95.9 Å². The van der Waals surface area contributed by atoms with Crippen LogP contribution in [0.1, 0.15) is 71.0 Å². The molecule has 306 valence electrons. The van der Waals surface area contributed by atoms with Crippen molar-refractivity contribution in [2.45, 2.75) is 83.3 Å². The lowest BCUT2D eigenvalue weighted by atomic mass is 9.91. The highest BCUT2D eigenvalue weighted by atomic mass is 16.5. The standard InChI is InChI=1S/C42H63N9O5/c1-29(2)40(42(53)54)38-26-39(46-56-38)55-24-23-47-15-11-32(12-16-47)50-19-13-33(14-20-50)49-17-9-31(10-18-49)28-48-21-22-51(30(3)27-48)36-25-35(44-45-41(36)43-4)34-7-5-6-8-37(34)52/h5-8,25-26,29-33,40,52H,9-24,27-28H2,1-4H3,(H,43,45)(H,53,54)/t30-,40?/m0/s1. The number of aliphatic carboxylic acids is 1. The molecule has 0 bridgehead atoms. The van der Waals surface area contributed by atoms with Gasteiger partial charge in [-0.1, -0.05) is 26.0 Å². The van der Waals surface area contributed by atoms with Gasteiger partial charge in [0, 0.05) is 69.5 Å². The van der Waals surface area contributed by atoms with E-state index in [0.29, 0.717) is 41.6 Å². The van der Waals surface area contributed by atoms with E-state index < -0.39 is 11.9 Å². The van der Waals surface area contributed by atoms with Crippen molar-refractivity contribution in [3.63, 3.8) is 0 Å². The Balaban J connectivity index is 0.788. The third kappa shape index (κ3) is 9.58. The number of carbonyl (C=O) groups is 1. The number of para-hydroxylation sites is 1. The Labute approximate surface area is 332 Å². The van der Waals surface area contributed by atoms with Gasteiger partial charge in [0.05, 0.1) is 11.4 Å². The predicted octanol–water partition coefficient (Wildman–Crippen LogP) is 4.93. The number of carboxylic acid groups (broad SMARTS) is 1. The molecule has 3 aromatic rings. The second kappa shape index (κ2) is 18.5. The van der Waals surface area contributed by atoms with E-state index in [1.807, 2.05) is 39.1 Å². The van der Waals surface area contributed by atoms with Crippen molar-refractivity contribution >= 4 is 17.5 Å². The Morgan fingerprint density at radius 3 is 2.23 bits per heavy atom. The first-order valence-corrected chi connectivity index (χ1v) is 21.0. The molecule has 0 saturated carbocycles. The number of likely N-dealkylation sites (tertiary alicyclic amines) is 3. The van der Waals surface area contributed by atoms with Gasteiger partial charge in [-0.25, -0.2) is 0 Å². The first-order chi connectivity index (χ1) is 27.2. The number of aromatic hydroxyl groups is 1. The minimum absolute atomic E-state index is 0.0908. The molecule has 7 rings (SSSR count). The van der Waals surface area contributed by atoms with Gasteiger partial charge in [0.2, 0.25) is 0 Å². The molecule has 1 unspecified atom stereocenters. The van der Waals surface area contributed by atoms with Crippen molar-refractivity contribution in [3.05, 3.63) is 42.2 Å². The number of ether oxygens (including phenoxy) is 1. The van der Waals surface area contributed by atoms with Crippen LogP contribution in [0.3, 0.4) is 0 Å². The molecular formula is C42H63N9O5. The number of nitrogens with one attached hydrogen (secondary N) is 1. The number of hydrogen-bond donors (Lipinski definition) is 3. The molecule has 4 aliphatic heterocycles. The summed E-state index contributed by atoms with van der Waals surface area (Å²) in [5, 5.41) is 36.0. The predicted molar refractivity (Wildman–Crippen MR) is 217 cm³/mol. The summed E-state index contributed by atoms with van der Waals surface area (Å²) in [4.78, 5) is 24.8. The van der Waals surface area contributed by atoms with Gasteiger partial charge in [0.15, 0.2) is 11.6 Å². The zero-order valence-corrected chi connectivity index (χ0v) is 33.9. The molecule has 0 spiro atoms. The van der Waals surface area contributed by atoms with Crippen LogP contribution in [0.25, 0.3) is 11.3 Å². The fourth-order valence-corrected chi connectivity index (χ4v) is 9.65. The Bertz CT molecular complexity index is 1720. The van der Waals surface area contributed by atoms with E-state index in [1.165, 1.54) is 71.2 Å². The molecule has 0 aliphatic carbocycles. The van der Waals surface area contributed by atoms with E-state index in [2.05, 4.69) is 58.2 Å². The molecule has 3 N–H and O–H groups in total. The van der Waals surface area contributed by atoms with Crippen molar-refractivity contribution in [1.29, 1.82) is 0 Å². The molecule has 6 heterocycles. The zero-order valence-electron chi connectivity index (χ0n) is 33.9. The summed E-state index contributed by atoms with van der Waals surface area (Å²) >= 11 is 0. The Kier molecular flexibility index (Phi) is 13.3. The van der Waals surface area contributed by atoms with Crippen molar-refractivity contribution in [2.24, 2.45) is 11.8 Å². The summed E-state index contributed by atoms with van der Waals surface area (Å²) in [6.45, 7) is 18.6. The van der Waals surface area contributed by atoms with Gasteiger partial charge in [-0.2, -0.15) is 0 Å². The SMILES string of the molecule is CNc1nnc(-c2ccccc2O)cc1N1CCN(CC2CCN(C3CCN(C4CCN(CCOc5cc(C(C(=O)O)C(C)C)on5)CC4)CC3)CC2)C[C@@H]1C. The van der Waals surface area contributed by atoms with Crippen molar-refractivity contribution in [3.8, 4) is 22.9 Å². The molecule has 4 aliphatic rings. The molecular weight excluding hydrogens is 711 g/mol.